The number of carbonyl (C=O) groups excluding carboxylic acids is 1. The zero-order valence-electron chi connectivity index (χ0n) is 14.7. The van der Waals surface area contributed by atoms with Gasteiger partial charge in [-0.3, -0.25) is 4.79 Å². The third-order valence-corrected chi connectivity index (χ3v) is 5.33. The number of hydrogen-bond donors (Lipinski definition) is 0. The van der Waals surface area contributed by atoms with Crippen LogP contribution in [0.4, 0.5) is 5.82 Å². The van der Waals surface area contributed by atoms with Crippen LogP contribution in [0.25, 0.3) is 10.9 Å². The second kappa shape index (κ2) is 7.00. The number of aromatic nitrogens is 1. The van der Waals surface area contributed by atoms with Crippen LogP contribution in [0.15, 0.2) is 36.4 Å². The molecule has 3 heterocycles. The van der Waals surface area contributed by atoms with Crippen LogP contribution in [0.1, 0.15) is 19.8 Å². The van der Waals surface area contributed by atoms with Gasteiger partial charge in [0.15, 0.2) is 0 Å². The van der Waals surface area contributed by atoms with Crippen molar-refractivity contribution >= 4 is 22.6 Å². The van der Waals surface area contributed by atoms with E-state index >= 15 is 0 Å². The maximum absolute atomic E-state index is 12.8. The standard InChI is InChI=1S/C20H25N3O2/c1-15-14-17(8-13-25-15)20(24)23-11-9-22(10-12-23)19-7-6-16-4-2-3-5-18(16)21-19/h2-7,15,17H,8-14H2,1H3. The minimum absolute atomic E-state index is 0.133. The van der Waals surface area contributed by atoms with Gasteiger partial charge in [0.2, 0.25) is 5.91 Å². The van der Waals surface area contributed by atoms with Gasteiger partial charge in [-0.1, -0.05) is 18.2 Å². The van der Waals surface area contributed by atoms with E-state index in [4.69, 9.17) is 9.72 Å². The second-order valence-corrected chi connectivity index (χ2v) is 7.08. The largest absolute Gasteiger partial charge is 0.378 e. The zero-order valence-corrected chi connectivity index (χ0v) is 14.7. The van der Waals surface area contributed by atoms with Crippen LogP contribution in [0.2, 0.25) is 0 Å². The van der Waals surface area contributed by atoms with Crippen LogP contribution in [0.5, 0.6) is 0 Å². The number of hydrogen-bond acceptors (Lipinski definition) is 4. The third kappa shape index (κ3) is 3.47. The van der Waals surface area contributed by atoms with E-state index in [9.17, 15) is 4.79 Å². The summed E-state index contributed by atoms with van der Waals surface area (Å²) in [5, 5.41) is 1.16. The van der Waals surface area contributed by atoms with E-state index < -0.39 is 0 Å². The number of nitrogens with zero attached hydrogens (tertiary/aromatic N) is 3. The molecule has 0 spiro atoms. The number of para-hydroxylation sites is 1. The molecule has 132 valence electrons. The number of fused-ring (bicyclic) bond motifs is 1. The van der Waals surface area contributed by atoms with Gasteiger partial charge in [0.05, 0.1) is 11.6 Å². The SMILES string of the molecule is CC1CC(C(=O)N2CCN(c3ccc4ccccc4n3)CC2)CCO1. The van der Waals surface area contributed by atoms with E-state index in [-0.39, 0.29) is 12.0 Å². The maximum atomic E-state index is 12.8. The third-order valence-electron chi connectivity index (χ3n) is 5.33. The predicted molar refractivity (Wildman–Crippen MR) is 98.7 cm³/mol. The van der Waals surface area contributed by atoms with Crippen LogP contribution in [-0.2, 0) is 9.53 Å². The second-order valence-electron chi connectivity index (χ2n) is 7.08. The molecule has 1 aromatic carbocycles. The highest BCUT2D eigenvalue weighted by Gasteiger charge is 2.31. The number of pyridine rings is 1. The maximum Gasteiger partial charge on any atom is 0.225 e. The Bertz CT molecular complexity index is 755. The molecule has 0 bridgehead atoms. The molecule has 2 unspecified atom stereocenters. The van der Waals surface area contributed by atoms with E-state index in [0.29, 0.717) is 12.5 Å². The van der Waals surface area contributed by atoms with Gasteiger partial charge in [0, 0.05) is 44.1 Å². The van der Waals surface area contributed by atoms with Gasteiger partial charge in [0.25, 0.3) is 0 Å². The highest BCUT2D eigenvalue weighted by Crippen LogP contribution is 2.24. The Kier molecular flexibility index (Phi) is 4.57. The fourth-order valence-corrected chi connectivity index (χ4v) is 3.87. The molecule has 1 aromatic heterocycles. The summed E-state index contributed by atoms with van der Waals surface area (Å²) in [4.78, 5) is 21.8. The Labute approximate surface area is 148 Å². The highest BCUT2D eigenvalue weighted by atomic mass is 16.5. The topological polar surface area (TPSA) is 45.7 Å². The number of piperazine rings is 1. The average Bonchev–Trinajstić information content (AvgIpc) is 2.67. The lowest BCUT2D eigenvalue weighted by Gasteiger charge is -2.38. The molecule has 5 heteroatoms. The number of amides is 1. The van der Waals surface area contributed by atoms with Gasteiger partial charge in [-0.25, -0.2) is 4.98 Å². The molecule has 1 amide bonds. The Morgan fingerprint density at radius 1 is 1.12 bits per heavy atom. The van der Waals surface area contributed by atoms with Gasteiger partial charge in [-0.05, 0) is 38.0 Å². The van der Waals surface area contributed by atoms with Crippen molar-refractivity contribution in [3.05, 3.63) is 36.4 Å². The van der Waals surface area contributed by atoms with Crippen LogP contribution in [-0.4, -0.2) is 54.7 Å². The molecule has 0 radical (unpaired) electrons. The van der Waals surface area contributed by atoms with Crippen molar-refractivity contribution in [3.8, 4) is 0 Å². The lowest BCUT2D eigenvalue weighted by molar-refractivity contribution is -0.140. The first kappa shape index (κ1) is 16.3. The quantitative estimate of drug-likeness (QED) is 0.844. The number of rotatable bonds is 2. The lowest BCUT2D eigenvalue weighted by atomic mass is 9.94. The van der Waals surface area contributed by atoms with Gasteiger partial charge >= 0.3 is 0 Å². The molecule has 4 rings (SSSR count). The van der Waals surface area contributed by atoms with Crippen molar-refractivity contribution in [2.24, 2.45) is 5.92 Å². The van der Waals surface area contributed by atoms with Crippen molar-refractivity contribution in [1.29, 1.82) is 0 Å². The Morgan fingerprint density at radius 3 is 2.72 bits per heavy atom. The first-order valence-corrected chi connectivity index (χ1v) is 9.22. The van der Waals surface area contributed by atoms with Crippen LogP contribution in [0, 0.1) is 5.92 Å². The Morgan fingerprint density at radius 2 is 1.92 bits per heavy atom. The summed E-state index contributed by atoms with van der Waals surface area (Å²) < 4.78 is 5.57. The van der Waals surface area contributed by atoms with E-state index in [2.05, 4.69) is 30.0 Å². The molecule has 5 nitrogen and oxygen atoms in total. The molecule has 2 aliphatic heterocycles. The molecule has 2 aromatic rings. The number of benzene rings is 1. The minimum atomic E-state index is 0.133. The van der Waals surface area contributed by atoms with Crippen LogP contribution < -0.4 is 4.90 Å². The summed E-state index contributed by atoms with van der Waals surface area (Å²) in [6, 6.07) is 12.4. The fraction of sp³-hybridized carbons (Fsp3) is 0.500. The smallest absolute Gasteiger partial charge is 0.225 e. The van der Waals surface area contributed by atoms with Gasteiger partial charge < -0.3 is 14.5 Å². The first-order valence-electron chi connectivity index (χ1n) is 9.22. The molecule has 2 fully saturated rings. The summed E-state index contributed by atoms with van der Waals surface area (Å²) in [5.74, 6) is 1.45. The number of ether oxygens (including phenoxy) is 1. The van der Waals surface area contributed by atoms with Gasteiger partial charge in [-0.15, -0.1) is 0 Å². The van der Waals surface area contributed by atoms with Crippen molar-refractivity contribution in [3.63, 3.8) is 0 Å². The van der Waals surface area contributed by atoms with Gasteiger partial charge in [0.1, 0.15) is 5.82 Å². The van der Waals surface area contributed by atoms with Gasteiger partial charge in [-0.2, -0.15) is 0 Å². The van der Waals surface area contributed by atoms with E-state index in [1.165, 1.54) is 0 Å². The van der Waals surface area contributed by atoms with E-state index in [0.717, 1.165) is 55.7 Å². The summed E-state index contributed by atoms with van der Waals surface area (Å²) >= 11 is 0. The minimum Gasteiger partial charge on any atom is -0.378 e. The molecular weight excluding hydrogens is 314 g/mol. The van der Waals surface area contributed by atoms with Crippen LogP contribution in [0.3, 0.4) is 0 Å². The Balaban J connectivity index is 1.39. The normalized spacial score (nSPS) is 24.5. The van der Waals surface area contributed by atoms with E-state index in [1.807, 2.05) is 23.1 Å². The molecule has 2 saturated heterocycles. The monoisotopic (exact) mass is 339 g/mol. The summed E-state index contributed by atoms with van der Waals surface area (Å²) in [7, 11) is 0. The molecule has 2 aliphatic rings. The van der Waals surface area contributed by atoms with Crippen molar-refractivity contribution in [1.82, 2.24) is 9.88 Å². The molecule has 0 N–H and O–H groups in total. The molecule has 2 atom stereocenters. The number of anilines is 1. The zero-order chi connectivity index (χ0) is 17.2. The Hall–Kier alpha value is -2.14. The molecule has 0 saturated carbocycles. The van der Waals surface area contributed by atoms with E-state index in [1.54, 1.807) is 0 Å². The molecule has 0 aliphatic carbocycles. The number of carbonyl (C=O) groups is 1. The van der Waals surface area contributed by atoms with Crippen molar-refractivity contribution < 1.29 is 9.53 Å². The summed E-state index contributed by atoms with van der Waals surface area (Å²) in [6.07, 6.45) is 1.91. The summed E-state index contributed by atoms with van der Waals surface area (Å²) in [5.41, 5.74) is 1.02. The summed E-state index contributed by atoms with van der Waals surface area (Å²) in [6.45, 7) is 6.01. The van der Waals surface area contributed by atoms with Crippen molar-refractivity contribution in [2.75, 3.05) is 37.7 Å². The average molecular weight is 339 g/mol. The lowest BCUT2D eigenvalue weighted by Crippen LogP contribution is -2.51. The molecular formula is C20H25N3O2. The predicted octanol–water partition coefficient (Wildman–Crippen LogP) is 2.70. The molecule has 25 heavy (non-hydrogen) atoms. The fourth-order valence-electron chi connectivity index (χ4n) is 3.87. The first-order chi connectivity index (χ1) is 12.2. The van der Waals surface area contributed by atoms with Crippen LogP contribution >= 0.6 is 0 Å². The van der Waals surface area contributed by atoms with Crippen molar-refractivity contribution in [2.45, 2.75) is 25.9 Å². The highest BCUT2D eigenvalue weighted by molar-refractivity contribution is 5.81.